The van der Waals surface area contributed by atoms with Crippen molar-refractivity contribution in [3.05, 3.63) is 58.1 Å². The lowest BCUT2D eigenvalue weighted by molar-refractivity contribution is -0.136. The van der Waals surface area contributed by atoms with Gasteiger partial charge in [-0.2, -0.15) is 0 Å². The van der Waals surface area contributed by atoms with Gasteiger partial charge < -0.3 is 9.47 Å². The van der Waals surface area contributed by atoms with Crippen molar-refractivity contribution in [2.45, 2.75) is 20.8 Å². The van der Waals surface area contributed by atoms with E-state index in [1.165, 1.54) is 6.92 Å². The third-order valence-electron chi connectivity index (χ3n) is 3.26. The van der Waals surface area contributed by atoms with Crippen molar-refractivity contribution in [3.63, 3.8) is 0 Å². The number of halogens is 1. The number of ether oxygens (including phenoxy) is 2. The van der Waals surface area contributed by atoms with Gasteiger partial charge in [0.25, 0.3) is 0 Å². The van der Waals surface area contributed by atoms with Gasteiger partial charge >= 0.3 is 5.97 Å². The van der Waals surface area contributed by atoms with Crippen LogP contribution in [0.1, 0.15) is 28.4 Å². The number of aryl methyl sites for hydroxylation is 2. The van der Waals surface area contributed by atoms with Gasteiger partial charge in [-0.05, 0) is 68.3 Å². The van der Waals surface area contributed by atoms with Gasteiger partial charge in [-0.1, -0.05) is 11.6 Å². The maximum atomic E-state index is 11.8. The van der Waals surface area contributed by atoms with Crippen LogP contribution < -0.4 is 9.47 Å². The summed E-state index contributed by atoms with van der Waals surface area (Å²) in [6.45, 7) is 5.01. The van der Waals surface area contributed by atoms with Crippen LogP contribution in [0, 0.1) is 13.8 Å². The van der Waals surface area contributed by atoms with Gasteiger partial charge in [-0.3, -0.25) is 4.79 Å². The monoisotopic (exact) mass is 332 g/mol. The van der Waals surface area contributed by atoms with E-state index in [0.29, 0.717) is 22.1 Å². The molecule has 0 fully saturated rings. The summed E-state index contributed by atoms with van der Waals surface area (Å²) >= 11 is 6.08. The van der Waals surface area contributed by atoms with Gasteiger partial charge in [0.1, 0.15) is 11.5 Å². The second-order valence-electron chi connectivity index (χ2n) is 5.21. The van der Waals surface area contributed by atoms with Crippen LogP contribution in [0.2, 0.25) is 5.02 Å². The maximum Gasteiger partial charge on any atom is 0.349 e. The molecular formula is C18H17ClO4. The zero-order valence-corrected chi connectivity index (χ0v) is 13.9. The lowest BCUT2D eigenvalue weighted by Crippen LogP contribution is -2.17. The van der Waals surface area contributed by atoms with Crippen LogP contribution in [0.25, 0.3) is 0 Å². The number of ketones is 1. The van der Waals surface area contributed by atoms with E-state index < -0.39 is 5.97 Å². The van der Waals surface area contributed by atoms with E-state index in [1.807, 2.05) is 13.8 Å². The fraction of sp³-hybridized carbons (Fsp3) is 0.222. The first kappa shape index (κ1) is 17.0. The number of hydrogen-bond donors (Lipinski definition) is 0. The fourth-order valence-electron chi connectivity index (χ4n) is 2.05. The van der Waals surface area contributed by atoms with E-state index in [0.717, 1.165) is 11.1 Å². The molecule has 0 atom stereocenters. The Labute approximate surface area is 140 Å². The smallest absolute Gasteiger partial charge is 0.349 e. The molecule has 0 radical (unpaired) electrons. The quantitative estimate of drug-likeness (QED) is 0.469. The molecule has 0 saturated heterocycles. The highest BCUT2D eigenvalue weighted by Gasteiger charge is 2.09. The van der Waals surface area contributed by atoms with Crippen molar-refractivity contribution < 1.29 is 19.1 Å². The SMILES string of the molecule is CC(=O)c1ccc(OC(=O)COc2cc(C)c(Cl)c(C)c2)cc1. The molecule has 5 heteroatoms. The largest absolute Gasteiger partial charge is 0.482 e. The van der Waals surface area contributed by atoms with Crippen molar-refractivity contribution in [1.82, 2.24) is 0 Å². The molecule has 0 aliphatic rings. The molecule has 0 bridgehead atoms. The summed E-state index contributed by atoms with van der Waals surface area (Å²) in [5.41, 5.74) is 2.33. The minimum atomic E-state index is -0.522. The molecule has 4 nitrogen and oxygen atoms in total. The van der Waals surface area contributed by atoms with Gasteiger partial charge in [-0.25, -0.2) is 4.79 Å². The Morgan fingerprint density at radius 2 is 1.57 bits per heavy atom. The molecule has 120 valence electrons. The number of benzene rings is 2. The first-order chi connectivity index (χ1) is 10.9. The van der Waals surface area contributed by atoms with Gasteiger partial charge in [0.15, 0.2) is 12.4 Å². The van der Waals surface area contributed by atoms with Crippen LogP contribution >= 0.6 is 11.6 Å². The topological polar surface area (TPSA) is 52.6 Å². The highest BCUT2D eigenvalue weighted by atomic mass is 35.5. The number of carbonyl (C=O) groups excluding carboxylic acids is 2. The van der Waals surface area contributed by atoms with Crippen LogP contribution in [0.4, 0.5) is 0 Å². The number of carbonyl (C=O) groups is 2. The van der Waals surface area contributed by atoms with Crippen molar-refractivity contribution in [1.29, 1.82) is 0 Å². The van der Waals surface area contributed by atoms with Crippen molar-refractivity contribution in [3.8, 4) is 11.5 Å². The lowest BCUT2D eigenvalue weighted by atomic mass is 10.1. The van der Waals surface area contributed by atoms with Gasteiger partial charge in [-0.15, -0.1) is 0 Å². The number of hydrogen-bond acceptors (Lipinski definition) is 4. The Kier molecular flexibility index (Phi) is 5.40. The average Bonchev–Trinajstić information content (AvgIpc) is 2.51. The summed E-state index contributed by atoms with van der Waals surface area (Å²) in [5, 5.41) is 0.686. The normalized spacial score (nSPS) is 10.3. The zero-order chi connectivity index (χ0) is 17.0. The summed E-state index contributed by atoms with van der Waals surface area (Å²) in [4.78, 5) is 23.0. The Morgan fingerprint density at radius 3 is 2.09 bits per heavy atom. The minimum absolute atomic E-state index is 0.0420. The lowest BCUT2D eigenvalue weighted by Gasteiger charge is -2.10. The van der Waals surface area contributed by atoms with Crippen molar-refractivity contribution in [2.75, 3.05) is 6.61 Å². The van der Waals surface area contributed by atoms with Crippen LogP contribution in [0.15, 0.2) is 36.4 Å². The first-order valence-electron chi connectivity index (χ1n) is 7.08. The first-order valence-corrected chi connectivity index (χ1v) is 7.46. The molecule has 0 amide bonds. The molecule has 2 aromatic rings. The predicted octanol–water partition coefficient (Wildman–Crippen LogP) is 4.14. The maximum absolute atomic E-state index is 11.8. The molecule has 23 heavy (non-hydrogen) atoms. The number of esters is 1. The Hall–Kier alpha value is -2.33. The van der Waals surface area contributed by atoms with Crippen LogP contribution in [-0.2, 0) is 4.79 Å². The van der Waals surface area contributed by atoms with Crippen molar-refractivity contribution >= 4 is 23.4 Å². The van der Waals surface area contributed by atoms with E-state index in [-0.39, 0.29) is 12.4 Å². The van der Waals surface area contributed by atoms with Gasteiger partial charge in [0.2, 0.25) is 0 Å². The Bertz CT molecular complexity index is 712. The number of Topliss-reactive ketones (excluding diaryl/α,β-unsaturated/α-hetero) is 1. The molecule has 0 aliphatic heterocycles. The number of rotatable bonds is 5. The third kappa shape index (κ3) is 4.57. The second kappa shape index (κ2) is 7.29. The molecule has 2 rings (SSSR count). The summed E-state index contributed by atoms with van der Waals surface area (Å²) in [7, 11) is 0. The summed E-state index contributed by atoms with van der Waals surface area (Å²) < 4.78 is 10.6. The van der Waals surface area contributed by atoms with Gasteiger partial charge in [0.05, 0.1) is 0 Å². The Balaban J connectivity index is 1.93. The predicted molar refractivity (Wildman–Crippen MR) is 88.5 cm³/mol. The van der Waals surface area contributed by atoms with E-state index in [1.54, 1.807) is 36.4 Å². The summed E-state index contributed by atoms with van der Waals surface area (Å²) in [6.07, 6.45) is 0. The highest BCUT2D eigenvalue weighted by molar-refractivity contribution is 6.32. The second-order valence-corrected chi connectivity index (χ2v) is 5.59. The molecule has 0 unspecified atom stereocenters. The van der Waals surface area contributed by atoms with Crippen LogP contribution in [0.5, 0.6) is 11.5 Å². The molecule has 0 heterocycles. The van der Waals surface area contributed by atoms with E-state index >= 15 is 0 Å². The molecule has 0 aliphatic carbocycles. The standard InChI is InChI=1S/C18H17ClO4/c1-11-8-16(9-12(2)18(11)19)22-10-17(21)23-15-6-4-14(5-7-15)13(3)20/h4-9H,10H2,1-3H3. The fourth-order valence-corrected chi connectivity index (χ4v) is 2.16. The minimum Gasteiger partial charge on any atom is -0.482 e. The molecule has 0 spiro atoms. The summed E-state index contributed by atoms with van der Waals surface area (Å²) in [6, 6.07) is 9.90. The Morgan fingerprint density at radius 1 is 1.00 bits per heavy atom. The van der Waals surface area contributed by atoms with E-state index in [4.69, 9.17) is 21.1 Å². The molecule has 0 saturated carbocycles. The molecule has 0 aromatic heterocycles. The zero-order valence-electron chi connectivity index (χ0n) is 13.2. The third-order valence-corrected chi connectivity index (χ3v) is 3.86. The molecular weight excluding hydrogens is 316 g/mol. The highest BCUT2D eigenvalue weighted by Crippen LogP contribution is 2.25. The van der Waals surface area contributed by atoms with Gasteiger partial charge in [0, 0.05) is 10.6 Å². The van der Waals surface area contributed by atoms with Crippen LogP contribution in [0.3, 0.4) is 0 Å². The van der Waals surface area contributed by atoms with E-state index in [2.05, 4.69) is 0 Å². The van der Waals surface area contributed by atoms with Crippen LogP contribution in [-0.4, -0.2) is 18.4 Å². The average molecular weight is 333 g/mol. The van der Waals surface area contributed by atoms with Crippen molar-refractivity contribution in [2.24, 2.45) is 0 Å². The van der Waals surface area contributed by atoms with E-state index in [9.17, 15) is 9.59 Å². The summed E-state index contributed by atoms with van der Waals surface area (Å²) in [5.74, 6) is 0.367. The molecule has 0 N–H and O–H groups in total. The molecule has 2 aromatic carbocycles.